The molecule has 1 aliphatic heterocycles. The Hall–Kier alpha value is -1.88. The maximum Gasteiger partial charge on any atom is 0.233 e. The van der Waals surface area contributed by atoms with Gasteiger partial charge in [-0.1, -0.05) is 43.2 Å². The lowest BCUT2D eigenvalue weighted by molar-refractivity contribution is -0.137. The number of amides is 1. The van der Waals surface area contributed by atoms with Crippen LogP contribution in [0.1, 0.15) is 31.2 Å². The summed E-state index contributed by atoms with van der Waals surface area (Å²) in [6, 6.07) is 14.4. The second-order valence-corrected chi connectivity index (χ2v) is 8.18. The molecule has 1 aliphatic carbocycles. The number of aromatic nitrogens is 1. The van der Waals surface area contributed by atoms with Gasteiger partial charge in [0.05, 0.1) is 5.41 Å². The van der Waals surface area contributed by atoms with E-state index in [1.807, 2.05) is 24.4 Å². The highest BCUT2D eigenvalue weighted by atomic mass is 79.9. The molecule has 1 aromatic heterocycles. The number of carbonyl (C=O) groups excluding carboxylic acids is 1. The van der Waals surface area contributed by atoms with Gasteiger partial charge in [-0.3, -0.25) is 4.79 Å². The highest BCUT2D eigenvalue weighted by molar-refractivity contribution is 9.10. The fourth-order valence-corrected chi connectivity index (χ4v) is 4.59. The van der Waals surface area contributed by atoms with E-state index < -0.39 is 0 Å². The fourth-order valence-electron chi connectivity index (χ4n) is 4.36. The third kappa shape index (κ3) is 3.25. The van der Waals surface area contributed by atoms with Crippen LogP contribution in [0.15, 0.2) is 53.1 Å². The zero-order chi connectivity index (χ0) is 18.0. The van der Waals surface area contributed by atoms with Gasteiger partial charge in [-0.15, -0.1) is 0 Å². The Morgan fingerprint density at radius 3 is 2.27 bits per heavy atom. The molecule has 0 bridgehead atoms. The number of hydrogen-bond donors (Lipinski definition) is 0. The summed E-state index contributed by atoms with van der Waals surface area (Å²) in [5.41, 5.74) is 0.888. The van der Waals surface area contributed by atoms with Crippen molar-refractivity contribution in [2.24, 2.45) is 0 Å². The van der Waals surface area contributed by atoms with Crippen LogP contribution in [0.3, 0.4) is 0 Å². The van der Waals surface area contributed by atoms with Gasteiger partial charge in [0.15, 0.2) is 0 Å². The molecule has 1 amide bonds. The first-order chi connectivity index (χ1) is 12.7. The quantitative estimate of drug-likeness (QED) is 0.762. The van der Waals surface area contributed by atoms with E-state index in [0.29, 0.717) is 5.91 Å². The van der Waals surface area contributed by atoms with Crippen molar-refractivity contribution in [3.05, 3.63) is 58.7 Å². The highest BCUT2D eigenvalue weighted by Crippen LogP contribution is 2.42. The first-order valence-electron chi connectivity index (χ1n) is 9.40. The van der Waals surface area contributed by atoms with Crippen LogP contribution in [0.25, 0.3) is 0 Å². The zero-order valence-corrected chi connectivity index (χ0v) is 16.5. The average molecular weight is 414 g/mol. The summed E-state index contributed by atoms with van der Waals surface area (Å²) in [5, 5.41) is 0. The molecule has 2 aromatic rings. The molecule has 4 rings (SSSR count). The van der Waals surface area contributed by atoms with Gasteiger partial charge >= 0.3 is 0 Å². The lowest BCUT2D eigenvalue weighted by atomic mass is 9.77. The van der Waals surface area contributed by atoms with E-state index in [2.05, 4.69) is 55.0 Å². The molecule has 1 saturated carbocycles. The van der Waals surface area contributed by atoms with Crippen LogP contribution in [0, 0.1) is 0 Å². The Labute approximate surface area is 163 Å². The van der Waals surface area contributed by atoms with Crippen molar-refractivity contribution in [1.82, 2.24) is 9.88 Å². The largest absolute Gasteiger partial charge is 0.353 e. The van der Waals surface area contributed by atoms with Crippen molar-refractivity contribution in [3.8, 4) is 0 Å². The minimum absolute atomic E-state index is 0.306. The predicted molar refractivity (Wildman–Crippen MR) is 107 cm³/mol. The zero-order valence-electron chi connectivity index (χ0n) is 14.9. The Balaban J connectivity index is 1.48. The van der Waals surface area contributed by atoms with E-state index in [-0.39, 0.29) is 5.41 Å². The summed E-state index contributed by atoms with van der Waals surface area (Å²) < 4.78 is 0.987. The van der Waals surface area contributed by atoms with Crippen molar-refractivity contribution < 1.29 is 4.79 Å². The minimum atomic E-state index is -0.306. The van der Waals surface area contributed by atoms with Gasteiger partial charge < -0.3 is 9.80 Å². The normalized spacial score (nSPS) is 19.6. The second-order valence-electron chi connectivity index (χ2n) is 7.27. The van der Waals surface area contributed by atoms with Crippen molar-refractivity contribution in [3.63, 3.8) is 0 Å². The van der Waals surface area contributed by atoms with Crippen molar-refractivity contribution in [2.75, 3.05) is 31.1 Å². The Morgan fingerprint density at radius 1 is 0.962 bits per heavy atom. The van der Waals surface area contributed by atoms with Crippen molar-refractivity contribution in [2.45, 2.75) is 31.1 Å². The van der Waals surface area contributed by atoms with Crippen molar-refractivity contribution >= 4 is 27.7 Å². The van der Waals surface area contributed by atoms with E-state index in [9.17, 15) is 4.79 Å². The molecule has 136 valence electrons. The van der Waals surface area contributed by atoms with E-state index in [4.69, 9.17) is 0 Å². The number of rotatable bonds is 3. The lowest BCUT2D eigenvalue weighted by Crippen LogP contribution is -2.54. The monoisotopic (exact) mass is 413 g/mol. The van der Waals surface area contributed by atoms with Gasteiger partial charge in [0, 0.05) is 36.8 Å². The van der Waals surface area contributed by atoms with E-state index in [1.54, 1.807) is 0 Å². The summed E-state index contributed by atoms with van der Waals surface area (Å²) in [6.07, 6.45) is 6.07. The van der Waals surface area contributed by atoms with Gasteiger partial charge in [-0.05, 0) is 46.5 Å². The van der Waals surface area contributed by atoms with E-state index in [0.717, 1.165) is 62.2 Å². The SMILES string of the molecule is O=C(N1CCN(c2ccc(Br)cn2)CC1)C1(c2ccccc2)CCCC1. The van der Waals surface area contributed by atoms with Gasteiger partial charge in [-0.25, -0.2) is 4.98 Å². The molecule has 0 N–H and O–H groups in total. The molecule has 1 aromatic carbocycles. The number of carbonyl (C=O) groups is 1. The highest BCUT2D eigenvalue weighted by Gasteiger charge is 2.45. The third-order valence-electron chi connectivity index (χ3n) is 5.80. The molecule has 2 aliphatic rings. The molecule has 0 spiro atoms. The van der Waals surface area contributed by atoms with E-state index >= 15 is 0 Å². The van der Waals surface area contributed by atoms with E-state index in [1.165, 1.54) is 5.56 Å². The predicted octanol–water partition coefficient (Wildman–Crippen LogP) is 4.00. The van der Waals surface area contributed by atoms with Crippen LogP contribution in [0.5, 0.6) is 0 Å². The number of anilines is 1. The Morgan fingerprint density at radius 2 is 1.65 bits per heavy atom. The number of piperazine rings is 1. The molecule has 5 heteroatoms. The molecular weight excluding hydrogens is 390 g/mol. The summed E-state index contributed by atoms with van der Waals surface area (Å²) in [5.74, 6) is 1.31. The molecule has 0 atom stereocenters. The lowest BCUT2D eigenvalue weighted by Gasteiger charge is -2.40. The number of hydrogen-bond acceptors (Lipinski definition) is 3. The standard InChI is InChI=1S/C21H24BrN3O/c22-18-8-9-19(23-16-18)24-12-14-25(15-13-24)20(26)21(10-4-5-11-21)17-6-2-1-3-7-17/h1-3,6-9,16H,4-5,10-15H2. The van der Waals surface area contributed by atoms with Crippen LogP contribution < -0.4 is 4.90 Å². The maximum atomic E-state index is 13.5. The minimum Gasteiger partial charge on any atom is -0.353 e. The first kappa shape index (κ1) is 17.5. The summed E-state index contributed by atoms with van der Waals surface area (Å²) in [6.45, 7) is 3.22. The number of pyridine rings is 1. The fraction of sp³-hybridized carbons (Fsp3) is 0.429. The van der Waals surface area contributed by atoms with Crippen LogP contribution >= 0.6 is 15.9 Å². The summed E-state index contributed by atoms with van der Waals surface area (Å²) in [7, 11) is 0. The topological polar surface area (TPSA) is 36.4 Å². The van der Waals surface area contributed by atoms with Gasteiger partial charge in [0.25, 0.3) is 0 Å². The first-order valence-corrected chi connectivity index (χ1v) is 10.2. The number of nitrogens with zero attached hydrogens (tertiary/aromatic N) is 3. The smallest absolute Gasteiger partial charge is 0.233 e. The summed E-state index contributed by atoms with van der Waals surface area (Å²) >= 11 is 3.43. The third-order valence-corrected chi connectivity index (χ3v) is 6.26. The maximum absolute atomic E-state index is 13.5. The Bertz CT molecular complexity index is 749. The van der Waals surface area contributed by atoms with Crippen LogP contribution in [-0.4, -0.2) is 42.0 Å². The molecule has 1 saturated heterocycles. The molecule has 2 heterocycles. The van der Waals surface area contributed by atoms with Gasteiger partial charge in [-0.2, -0.15) is 0 Å². The van der Waals surface area contributed by atoms with Gasteiger partial charge in [0.2, 0.25) is 5.91 Å². The number of halogens is 1. The molecule has 4 nitrogen and oxygen atoms in total. The van der Waals surface area contributed by atoms with Crippen LogP contribution in [-0.2, 0) is 10.2 Å². The molecule has 26 heavy (non-hydrogen) atoms. The molecule has 2 fully saturated rings. The van der Waals surface area contributed by atoms with Crippen LogP contribution in [0.2, 0.25) is 0 Å². The number of benzene rings is 1. The van der Waals surface area contributed by atoms with Crippen molar-refractivity contribution in [1.29, 1.82) is 0 Å². The van der Waals surface area contributed by atoms with Crippen LogP contribution in [0.4, 0.5) is 5.82 Å². The Kier molecular flexibility index (Phi) is 4.98. The van der Waals surface area contributed by atoms with Gasteiger partial charge in [0.1, 0.15) is 5.82 Å². The second kappa shape index (κ2) is 7.39. The molecule has 0 radical (unpaired) electrons. The molecular formula is C21H24BrN3O. The average Bonchev–Trinajstić information content (AvgIpc) is 3.20. The summed E-state index contributed by atoms with van der Waals surface area (Å²) in [4.78, 5) is 22.3. The molecule has 0 unspecified atom stereocenters.